The summed E-state index contributed by atoms with van der Waals surface area (Å²) in [4.78, 5) is 56.6. The number of para-hydroxylation sites is 1. The van der Waals surface area contributed by atoms with E-state index in [-0.39, 0.29) is 17.0 Å². The van der Waals surface area contributed by atoms with Crippen LogP contribution < -0.4 is 10.2 Å². The number of nitro groups is 1. The molecular weight excluding hydrogens is 554 g/mol. The maximum Gasteiger partial charge on any atom is 0.270 e. The van der Waals surface area contributed by atoms with Gasteiger partial charge >= 0.3 is 0 Å². The minimum absolute atomic E-state index is 0.0526. The molecule has 8 nitrogen and oxygen atoms in total. The van der Waals surface area contributed by atoms with E-state index in [0.717, 1.165) is 5.56 Å². The first-order valence-corrected chi connectivity index (χ1v) is 13.7. The number of hydrogen-bond donors (Lipinski definition) is 1. The molecule has 1 N–H and O–H groups in total. The highest BCUT2D eigenvalue weighted by Gasteiger charge is 2.70. The summed E-state index contributed by atoms with van der Waals surface area (Å²) in [6, 6.07) is 24.7. The number of anilines is 2. The lowest BCUT2D eigenvalue weighted by Crippen LogP contribution is -2.51. The summed E-state index contributed by atoms with van der Waals surface area (Å²) >= 11 is 6.33. The van der Waals surface area contributed by atoms with Crippen LogP contribution in [-0.4, -0.2) is 34.5 Å². The van der Waals surface area contributed by atoms with E-state index in [0.29, 0.717) is 27.5 Å². The zero-order valence-electron chi connectivity index (χ0n) is 21.9. The molecule has 4 unspecified atom stereocenters. The van der Waals surface area contributed by atoms with Crippen LogP contribution in [0.4, 0.5) is 17.1 Å². The number of nitro benzene ring substituents is 1. The number of carbonyl (C=O) groups is 3. The molecule has 3 heterocycles. The number of nitrogens with one attached hydrogen (secondary N) is 1. The van der Waals surface area contributed by atoms with Crippen LogP contribution >= 0.6 is 11.6 Å². The Kier molecular flexibility index (Phi) is 5.85. The molecule has 1 saturated heterocycles. The van der Waals surface area contributed by atoms with Crippen molar-refractivity contribution in [3.8, 4) is 0 Å². The summed E-state index contributed by atoms with van der Waals surface area (Å²) in [5.41, 5.74) is 1.22. The van der Waals surface area contributed by atoms with Crippen LogP contribution in [0.2, 0.25) is 5.02 Å². The number of ketones is 2. The third-order valence-corrected chi connectivity index (χ3v) is 8.78. The minimum atomic E-state index is -1.51. The van der Waals surface area contributed by atoms with Crippen LogP contribution in [0.15, 0.2) is 103 Å². The summed E-state index contributed by atoms with van der Waals surface area (Å²) in [6.07, 6.45) is 3.72. The Hall–Kier alpha value is -5.08. The van der Waals surface area contributed by atoms with Crippen molar-refractivity contribution in [1.82, 2.24) is 0 Å². The Balaban J connectivity index is 1.54. The third kappa shape index (κ3) is 3.58. The van der Waals surface area contributed by atoms with E-state index in [9.17, 15) is 24.5 Å². The van der Waals surface area contributed by atoms with E-state index in [2.05, 4.69) is 5.32 Å². The van der Waals surface area contributed by atoms with Gasteiger partial charge in [0, 0.05) is 39.7 Å². The topological polar surface area (TPSA) is 110 Å². The molecule has 0 bridgehead atoms. The Morgan fingerprint density at radius 1 is 0.881 bits per heavy atom. The zero-order chi connectivity index (χ0) is 29.2. The summed E-state index contributed by atoms with van der Waals surface area (Å²) < 4.78 is 0. The fraction of sp³-hybridized carbons (Fsp3) is 0.121. The van der Waals surface area contributed by atoms with Crippen molar-refractivity contribution in [2.45, 2.75) is 17.5 Å². The number of Topliss-reactive ketones (excluding diaryl/α,β-unsaturated/α-hetero) is 2. The van der Waals surface area contributed by atoms with Gasteiger partial charge in [-0.3, -0.25) is 24.5 Å². The lowest BCUT2D eigenvalue weighted by Gasteiger charge is -2.37. The number of hydrogen-bond acceptors (Lipinski definition) is 6. The maximum absolute atomic E-state index is 14.8. The van der Waals surface area contributed by atoms with Gasteiger partial charge in [0.1, 0.15) is 11.5 Å². The lowest BCUT2D eigenvalue weighted by atomic mass is 9.64. The monoisotopic (exact) mass is 575 g/mol. The number of rotatable bonds is 5. The average Bonchev–Trinajstić information content (AvgIpc) is 3.49. The third-order valence-electron chi connectivity index (χ3n) is 8.55. The Labute approximate surface area is 245 Å². The molecule has 3 aliphatic rings. The summed E-state index contributed by atoms with van der Waals surface area (Å²) in [6.45, 7) is 0. The van der Waals surface area contributed by atoms with Gasteiger partial charge in [0.05, 0.1) is 16.9 Å². The quantitative estimate of drug-likeness (QED) is 0.175. The van der Waals surface area contributed by atoms with E-state index in [1.165, 1.54) is 24.3 Å². The molecule has 4 aromatic rings. The molecule has 1 spiro atoms. The smallest absolute Gasteiger partial charge is 0.270 e. The van der Waals surface area contributed by atoms with Crippen LogP contribution in [0.1, 0.15) is 31.8 Å². The highest BCUT2D eigenvalue weighted by Crippen LogP contribution is 2.58. The summed E-state index contributed by atoms with van der Waals surface area (Å²) in [7, 11) is 0. The largest absolute Gasteiger partial charge is 0.352 e. The molecule has 0 aliphatic carbocycles. The first-order valence-electron chi connectivity index (χ1n) is 13.4. The number of fused-ring (bicyclic) bond motifs is 6. The standard InChI is InChI=1S/C33H22ClN3O5/c34-22-14-15-26-20(17-22)13-16-27-33(24-11-4-5-12-25(24)35-32(33)40)28(30(38)21-9-6-10-23(18-21)37(41)42)29(36(26)27)31(39)19-7-2-1-3-8-19/h1-18,27-29H,(H,35,40). The molecule has 0 radical (unpaired) electrons. The minimum Gasteiger partial charge on any atom is -0.352 e. The van der Waals surface area contributed by atoms with Crippen molar-refractivity contribution >= 4 is 52.2 Å². The molecule has 0 saturated carbocycles. The van der Waals surface area contributed by atoms with Gasteiger partial charge in [0.25, 0.3) is 5.69 Å². The van der Waals surface area contributed by atoms with Crippen molar-refractivity contribution in [1.29, 1.82) is 0 Å². The molecule has 4 atom stereocenters. The second-order valence-electron chi connectivity index (χ2n) is 10.6. The van der Waals surface area contributed by atoms with Crippen molar-refractivity contribution in [3.05, 3.63) is 141 Å². The number of amides is 1. The van der Waals surface area contributed by atoms with Gasteiger partial charge in [-0.1, -0.05) is 84.4 Å². The average molecular weight is 576 g/mol. The van der Waals surface area contributed by atoms with Crippen LogP contribution in [0.3, 0.4) is 0 Å². The molecule has 0 aromatic heterocycles. The fourth-order valence-electron chi connectivity index (χ4n) is 6.88. The second-order valence-corrected chi connectivity index (χ2v) is 11.0. The predicted molar refractivity (Wildman–Crippen MR) is 159 cm³/mol. The maximum atomic E-state index is 14.8. The van der Waals surface area contributed by atoms with Crippen LogP contribution in [0, 0.1) is 16.0 Å². The molecule has 1 amide bonds. The number of benzene rings is 4. The van der Waals surface area contributed by atoms with Gasteiger partial charge in [-0.05, 0) is 35.4 Å². The van der Waals surface area contributed by atoms with E-state index >= 15 is 0 Å². The van der Waals surface area contributed by atoms with Crippen LogP contribution in [-0.2, 0) is 10.2 Å². The van der Waals surface area contributed by atoms with Gasteiger partial charge in [-0.25, -0.2) is 0 Å². The van der Waals surface area contributed by atoms with Gasteiger partial charge in [0.15, 0.2) is 11.6 Å². The molecule has 206 valence electrons. The SMILES string of the molecule is O=C(c1ccccc1)C1C(C(=O)c2cccc([N+](=O)[O-])c2)C2(C(=O)Nc3ccccc32)C2C=Cc3cc(Cl)ccc3N12. The van der Waals surface area contributed by atoms with Crippen molar-refractivity contribution in [3.63, 3.8) is 0 Å². The molecular formula is C33H22ClN3O5. The van der Waals surface area contributed by atoms with Gasteiger partial charge < -0.3 is 10.2 Å². The molecule has 42 heavy (non-hydrogen) atoms. The first kappa shape index (κ1) is 25.9. The highest BCUT2D eigenvalue weighted by atomic mass is 35.5. The molecule has 7 rings (SSSR count). The number of halogens is 1. The molecule has 3 aliphatic heterocycles. The van der Waals surface area contributed by atoms with Gasteiger partial charge in [-0.15, -0.1) is 0 Å². The predicted octanol–water partition coefficient (Wildman–Crippen LogP) is 6.10. The highest BCUT2D eigenvalue weighted by molar-refractivity contribution is 6.31. The Bertz CT molecular complexity index is 1860. The first-order chi connectivity index (χ1) is 20.3. The Morgan fingerprint density at radius 3 is 2.40 bits per heavy atom. The van der Waals surface area contributed by atoms with Gasteiger partial charge in [-0.2, -0.15) is 0 Å². The summed E-state index contributed by atoms with van der Waals surface area (Å²) in [5.74, 6) is -2.51. The lowest BCUT2D eigenvalue weighted by molar-refractivity contribution is -0.384. The zero-order valence-corrected chi connectivity index (χ0v) is 22.7. The van der Waals surface area contributed by atoms with Crippen molar-refractivity contribution in [2.24, 2.45) is 5.92 Å². The van der Waals surface area contributed by atoms with Crippen molar-refractivity contribution in [2.75, 3.05) is 10.2 Å². The van der Waals surface area contributed by atoms with Crippen LogP contribution in [0.25, 0.3) is 6.08 Å². The number of non-ortho nitro benzene ring substituents is 1. The fourth-order valence-corrected chi connectivity index (χ4v) is 7.06. The normalized spacial score (nSPS) is 23.2. The Morgan fingerprint density at radius 2 is 1.62 bits per heavy atom. The van der Waals surface area contributed by atoms with E-state index in [4.69, 9.17) is 11.6 Å². The van der Waals surface area contributed by atoms with Crippen LogP contribution in [0.5, 0.6) is 0 Å². The van der Waals surface area contributed by atoms with E-state index in [1.807, 2.05) is 17.1 Å². The second kappa shape index (κ2) is 9.49. The number of carbonyl (C=O) groups excluding carboxylic acids is 3. The van der Waals surface area contributed by atoms with Crippen molar-refractivity contribution < 1.29 is 19.3 Å². The summed E-state index contributed by atoms with van der Waals surface area (Å²) in [5, 5.41) is 15.1. The number of nitrogens with zero attached hydrogens (tertiary/aromatic N) is 2. The van der Waals surface area contributed by atoms with E-state index < -0.39 is 40.0 Å². The molecule has 9 heteroatoms. The molecule has 4 aromatic carbocycles. The van der Waals surface area contributed by atoms with E-state index in [1.54, 1.807) is 72.8 Å². The molecule has 1 fully saturated rings. The van der Waals surface area contributed by atoms with Gasteiger partial charge in [0.2, 0.25) is 5.91 Å².